The van der Waals surface area contributed by atoms with Crippen LogP contribution in [0.2, 0.25) is 0 Å². The summed E-state index contributed by atoms with van der Waals surface area (Å²) in [6.07, 6.45) is 0.000722. The molecule has 1 heterocycles. The van der Waals surface area contributed by atoms with Gasteiger partial charge in [0.25, 0.3) is 0 Å². The molecule has 2 aromatic rings. The third kappa shape index (κ3) is 1.92. The Hall–Kier alpha value is -1.61. The zero-order valence-electron chi connectivity index (χ0n) is 8.06. The highest BCUT2D eigenvalue weighted by molar-refractivity contribution is 7.17. The van der Waals surface area contributed by atoms with Crippen LogP contribution in [0.1, 0.15) is 12.0 Å². The second-order valence-electron chi connectivity index (χ2n) is 3.32. The highest BCUT2D eigenvalue weighted by Crippen LogP contribution is 2.31. The van der Waals surface area contributed by atoms with Crippen molar-refractivity contribution in [3.8, 4) is 0 Å². The molecule has 0 fully saturated rings. The molecule has 0 spiro atoms. The molecule has 1 N–H and O–H groups in total. The summed E-state index contributed by atoms with van der Waals surface area (Å²) >= 11 is 1.62. The predicted octanol–water partition coefficient (Wildman–Crippen LogP) is 3.39. The normalized spacial score (nSPS) is 10.4. The maximum Gasteiger partial charge on any atom is 0.307 e. The largest absolute Gasteiger partial charge is 0.481 e. The summed E-state index contributed by atoms with van der Waals surface area (Å²) < 4.78 is 1.17. The first-order chi connectivity index (χ1) is 7.18. The molecule has 0 aliphatic rings. The molecule has 0 aliphatic heterocycles. The Labute approximate surface area is 91.5 Å². The molecule has 1 aromatic carbocycles. The van der Waals surface area contributed by atoms with Gasteiger partial charge < -0.3 is 5.11 Å². The molecule has 3 heteroatoms. The maximum atomic E-state index is 10.6. The fraction of sp³-hybridized carbons (Fsp3) is 0.0833. The molecular formula is C12H10O2S. The number of hydrogen-bond acceptors (Lipinski definition) is 2. The van der Waals surface area contributed by atoms with E-state index < -0.39 is 5.97 Å². The Bertz CT molecular complexity index is 525. The van der Waals surface area contributed by atoms with Crippen molar-refractivity contribution >= 4 is 33.0 Å². The molecule has 0 amide bonds. The predicted molar refractivity (Wildman–Crippen MR) is 63.1 cm³/mol. The number of fused-ring (bicyclic) bond motifs is 1. The van der Waals surface area contributed by atoms with Gasteiger partial charge in [0.15, 0.2) is 0 Å². The van der Waals surface area contributed by atoms with Crippen LogP contribution in [0.25, 0.3) is 15.7 Å². The lowest BCUT2D eigenvalue weighted by atomic mass is 10.0. The van der Waals surface area contributed by atoms with Crippen molar-refractivity contribution < 1.29 is 9.90 Å². The number of benzene rings is 1. The van der Waals surface area contributed by atoms with Crippen LogP contribution in [0.5, 0.6) is 0 Å². The number of hydrogen-bond donors (Lipinski definition) is 1. The quantitative estimate of drug-likeness (QED) is 0.857. The smallest absolute Gasteiger partial charge is 0.307 e. The van der Waals surface area contributed by atoms with Crippen molar-refractivity contribution in [1.29, 1.82) is 0 Å². The molecule has 0 aliphatic carbocycles. The standard InChI is InChI=1S/C12H10O2S/c1-8(6-12(13)14)10-7-15-11-5-3-2-4-9(10)11/h2-5,7H,1,6H2,(H,13,14). The van der Waals surface area contributed by atoms with Crippen LogP contribution < -0.4 is 0 Å². The van der Waals surface area contributed by atoms with Gasteiger partial charge in [-0.15, -0.1) is 11.3 Å². The van der Waals surface area contributed by atoms with E-state index in [1.165, 1.54) is 4.70 Å². The number of rotatable bonds is 3. The van der Waals surface area contributed by atoms with Crippen molar-refractivity contribution in [3.05, 3.63) is 41.8 Å². The molecule has 1 aromatic heterocycles. The van der Waals surface area contributed by atoms with E-state index in [-0.39, 0.29) is 6.42 Å². The van der Waals surface area contributed by atoms with E-state index >= 15 is 0 Å². The second-order valence-corrected chi connectivity index (χ2v) is 4.23. The summed E-state index contributed by atoms with van der Waals surface area (Å²) in [5.74, 6) is -0.838. The first-order valence-electron chi connectivity index (χ1n) is 4.54. The van der Waals surface area contributed by atoms with Crippen LogP contribution in [0, 0.1) is 0 Å². The fourth-order valence-electron chi connectivity index (χ4n) is 1.53. The molecule has 2 nitrogen and oxygen atoms in total. The summed E-state index contributed by atoms with van der Waals surface area (Å²) in [4.78, 5) is 10.6. The molecule has 0 bridgehead atoms. The molecule has 76 valence electrons. The minimum absolute atomic E-state index is 0.000722. The Balaban J connectivity index is 2.44. The fourth-order valence-corrected chi connectivity index (χ4v) is 2.53. The summed E-state index contributed by atoms with van der Waals surface area (Å²) in [6, 6.07) is 7.95. The number of carbonyl (C=O) groups is 1. The second kappa shape index (κ2) is 3.87. The molecule has 0 saturated carbocycles. The molecule has 0 saturated heterocycles. The Morgan fingerprint density at radius 3 is 2.87 bits per heavy atom. The van der Waals surface area contributed by atoms with Crippen LogP contribution in [-0.2, 0) is 4.79 Å². The number of thiophene rings is 1. The minimum atomic E-state index is -0.838. The van der Waals surface area contributed by atoms with Crippen LogP contribution >= 0.6 is 11.3 Å². The van der Waals surface area contributed by atoms with Crippen molar-refractivity contribution in [2.75, 3.05) is 0 Å². The summed E-state index contributed by atoms with van der Waals surface area (Å²) in [7, 11) is 0. The van der Waals surface area contributed by atoms with Crippen molar-refractivity contribution in [3.63, 3.8) is 0 Å². The van der Waals surface area contributed by atoms with Gasteiger partial charge in [-0.25, -0.2) is 0 Å². The highest BCUT2D eigenvalue weighted by Gasteiger charge is 2.09. The number of carboxylic acids is 1. The number of aliphatic carboxylic acids is 1. The molecule has 15 heavy (non-hydrogen) atoms. The molecule has 0 radical (unpaired) electrons. The zero-order valence-corrected chi connectivity index (χ0v) is 8.88. The zero-order chi connectivity index (χ0) is 10.8. The summed E-state index contributed by atoms with van der Waals surface area (Å²) in [5, 5.41) is 11.8. The lowest BCUT2D eigenvalue weighted by Gasteiger charge is -2.00. The van der Waals surface area contributed by atoms with Gasteiger partial charge in [0.2, 0.25) is 0 Å². The van der Waals surface area contributed by atoms with Crippen LogP contribution in [-0.4, -0.2) is 11.1 Å². The van der Waals surface area contributed by atoms with Crippen LogP contribution in [0.15, 0.2) is 36.2 Å². The third-order valence-corrected chi connectivity index (χ3v) is 3.19. The highest BCUT2D eigenvalue weighted by atomic mass is 32.1. The molecule has 0 atom stereocenters. The first-order valence-corrected chi connectivity index (χ1v) is 5.42. The van der Waals surface area contributed by atoms with E-state index in [9.17, 15) is 4.79 Å². The lowest BCUT2D eigenvalue weighted by molar-refractivity contribution is -0.135. The van der Waals surface area contributed by atoms with Crippen molar-refractivity contribution in [1.82, 2.24) is 0 Å². The Morgan fingerprint density at radius 2 is 2.13 bits per heavy atom. The lowest BCUT2D eigenvalue weighted by Crippen LogP contribution is -1.95. The molecular weight excluding hydrogens is 208 g/mol. The Kier molecular flexibility index (Phi) is 2.56. The van der Waals surface area contributed by atoms with Gasteiger partial charge in [0.05, 0.1) is 6.42 Å². The third-order valence-electron chi connectivity index (χ3n) is 2.23. The monoisotopic (exact) mass is 218 g/mol. The van der Waals surface area contributed by atoms with Gasteiger partial charge in [-0.1, -0.05) is 24.8 Å². The maximum absolute atomic E-state index is 10.6. The van der Waals surface area contributed by atoms with E-state index in [1.54, 1.807) is 11.3 Å². The molecule has 0 unspecified atom stereocenters. The van der Waals surface area contributed by atoms with Crippen molar-refractivity contribution in [2.45, 2.75) is 6.42 Å². The number of carboxylic acid groups (broad SMARTS) is 1. The average Bonchev–Trinajstić information content (AvgIpc) is 2.59. The summed E-state index contributed by atoms with van der Waals surface area (Å²) in [6.45, 7) is 3.81. The van der Waals surface area contributed by atoms with Gasteiger partial charge >= 0.3 is 5.97 Å². The van der Waals surface area contributed by atoms with Gasteiger partial charge in [-0.2, -0.15) is 0 Å². The van der Waals surface area contributed by atoms with Gasteiger partial charge in [0.1, 0.15) is 0 Å². The minimum Gasteiger partial charge on any atom is -0.481 e. The Morgan fingerprint density at radius 1 is 1.40 bits per heavy atom. The van der Waals surface area contributed by atoms with E-state index in [0.29, 0.717) is 5.57 Å². The molecule has 2 rings (SSSR count). The van der Waals surface area contributed by atoms with E-state index in [4.69, 9.17) is 5.11 Å². The van der Waals surface area contributed by atoms with Crippen LogP contribution in [0.4, 0.5) is 0 Å². The van der Waals surface area contributed by atoms with Gasteiger partial charge in [0, 0.05) is 4.70 Å². The SMILES string of the molecule is C=C(CC(=O)O)c1csc2ccccc12. The van der Waals surface area contributed by atoms with Crippen molar-refractivity contribution in [2.24, 2.45) is 0 Å². The van der Waals surface area contributed by atoms with E-state index in [0.717, 1.165) is 10.9 Å². The first kappa shape index (κ1) is 9.93. The topological polar surface area (TPSA) is 37.3 Å². The summed E-state index contributed by atoms with van der Waals surface area (Å²) in [5.41, 5.74) is 1.62. The van der Waals surface area contributed by atoms with Gasteiger partial charge in [-0.05, 0) is 28.0 Å². The van der Waals surface area contributed by atoms with E-state index in [2.05, 4.69) is 6.58 Å². The van der Waals surface area contributed by atoms with E-state index in [1.807, 2.05) is 29.6 Å². The average molecular weight is 218 g/mol. The van der Waals surface area contributed by atoms with Crippen LogP contribution in [0.3, 0.4) is 0 Å². The van der Waals surface area contributed by atoms with Gasteiger partial charge in [-0.3, -0.25) is 4.79 Å².